The van der Waals surface area contributed by atoms with E-state index in [1.165, 1.54) is 25.5 Å². The highest BCUT2D eigenvalue weighted by Crippen LogP contribution is 2.37. The molecule has 23 heavy (non-hydrogen) atoms. The maximum Gasteiger partial charge on any atom is 0.263 e. The number of ether oxygens (including phenoxy) is 1. The number of anilines is 1. The van der Waals surface area contributed by atoms with Gasteiger partial charge in [-0.1, -0.05) is 23.2 Å². The fraction of sp³-hybridized carbons (Fsp3) is 0.0625. The zero-order chi connectivity index (χ0) is 16.6. The second kappa shape index (κ2) is 6.02. The molecule has 5 nitrogen and oxygen atoms in total. The first-order chi connectivity index (χ1) is 11.0. The van der Waals surface area contributed by atoms with Crippen molar-refractivity contribution < 1.29 is 19.1 Å². The third-order valence-corrected chi connectivity index (χ3v) is 3.85. The Morgan fingerprint density at radius 3 is 2.74 bits per heavy atom. The van der Waals surface area contributed by atoms with Gasteiger partial charge in [0, 0.05) is 11.1 Å². The van der Waals surface area contributed by atoms with Gasteiger partial charge in [0.2, 0.25) is 0 Å². The highest BCUT2D eigenvalue weighted by Gasteiger charge is 2.22. The lowest BCUT2D eigenvalue weighted by Gasteiger charge is -2.12. The van der Waals surface area contributed by atoms with Gasteiger partial charge in [-0.25, -0.2) is 0 Å². The number of amides is 1. The Morgan fingerprint density at radius 2 is 2.04 bits per heavy atom. The van der Waals surface area contributed by atoms with E-state index in [2.05, 4.69) is 5.32 Å². The Kier molecular flexibility index (Phi) is 4.07. The smallest absolute Gasteiger partial charge is 0.263 e. The molecule has 118 valence electrons. The van der Waals surface area contributed by atoms with Gasteiger partial charge in [-0.15, -0.1) is 0 Å². The summed E-state index contributed by atoms with van der Waals surface area (Å²) < 4.78 is 10.5. The minimum atomic E-state index is -0.563. The van der Waals surface area contributed by atoms with Gasteiger partial charge in [0.15, 0.2) is 0 Å². The summed E-state index contributed by atoms with van der Waals surface area (Å²) in [5.74, 6) is -0.602. The van der Waals surface area contributed by atoms with E-state index in [4.69, 9.17) is 32.4 Å². The number of fused-ring (bicyclic) bond motifs is 1. The molecule has 3 aromatic rings. The van der Waals surface area contributed by atoms with Crippen LogP contribution < -0.4 is 10.1 Å². The minimum Gasteiger partial charge on any atom is -0.507 e. The number of rotatable bonds is 3. The molecule has 0 spiro atoms. The van der Waals surface area contributed by atoms with Gasteiger partial charge in [0.1, 0.15) is 22.6 Å². The number of halogens is 2. The number of carbonyl (C=O) groups is 1. The summed E-state index contributed by atoms with van der Waals surface area (Å²) in [6.07, 6.45) is 1.45. The number of carbonyl (C=O) groups excluding carboxylic acids is 1. The minimum absolute atomic E-state index is 0.00702. The zero-order valence-corrected chi connectivity index (χ0v) is 13.4. The summed E-state index contributed by atoms with van der Waals surface area (Å²) in [5, 5.41) is 14.1. The normalized spacial score (nSPS) is 10.7. The molecule has 0 aliphatic heterocycles. The molecular formula is C16H11Cl2NO4. The molecule has 7 heteroatoms. The molecule has 0 aliphatic rings. The molecule has 3 rings (SSSR count). The first-order valence-electron chi connectivity index (χ1n) is 6.55. The molecule has 0 saturated carbocycles. The van der Waals surface area contributed by atoms with Crippen molar-refractivity contribution in [3.05, 3.63) is 52.2 Å². The Morgan fingerprint density at radius 1 is 1.26 bits per heavy atom. The first kappa shape index (κ1) is 15.5. The quantitative estimate of drug-likeness (QED) is 0.716. The topological polar surface area (TPSA) is 71.7 Å². The number of hydrogen-bond donors (Lipinski definition) is 2. The van der Waals surface area contributed by atoms with Crippen LogP contribution in [0.2, 0.25) is 10.0 Å². The highest BCUT2D eigenvalue weighted by atomic mass is 35.5. The molecule has 2 N–H and O–H groups in total. The molecule has 0 atom stereocenters. The van der Waals surface area contributed by atoms with Crippen molar-refractivity contribution in [3.63, 3.8) is 0 Å². The lowest BCUT2D eigenvalue weighted by Crippen LogP contribution is -2.14. The predicted octanol–water partition coefficient (Wildman–Crippen LogP) is 4.71. The number of furan rings is 1. The number of hydrogen-bond acceptors (Lipinski definition) is 4. The zero-order valence-electron chi connectivity index (χ0n) is 11.9. The van der Waals surface area contributed by atoms with Crippen molar-refractivity contribution in [1.82, 2.24) is 0 Å². The number of nitrogens with one attached hydrogen (secondary N) is 1. The van der Waals surface area contributed by atoms with Crippen LogP contribution in [0.25, 0.3) is 11.0 Å². The molecule has 2 aromatic carbocycles. The molecule has 1 aromatic heterocycles. The fourth-order valence-electron chi connectivity index (χ4n) is 2.27. The van der Waals surface area contributed by atoms with E-state index in [0.29, 0.717) is 21.7 Å². The second-order valence-electron chi connectivity index (χ2n) is 4.71. The van der Waals surface area contributed by atoms with E-state index in [0.717, 1.165) is 0 Å². The van der Waals surface area contributed by atoms with Gasteiger partial charge >= 0.3 is 0 Å². The van der Waals surface area contributed by atoms with E-state index < -0.39 is 5.91 Å². The first-order valence-corrected chi connectivity index (χ1v) is 7.30. The molecule has 0 fully saturated rings. The molecule has 1 amide bonds. The molecule has 0 saturated heterocycles. The Labute approximate surface area is 141 Å². The molecule has 0 bridgehead atoms. The van der Waals surface area contributed by atoms with E-state index >= 15 is 0 Å². The van der Waals surface area contributed by atoms with Gasteiger partial charge < -0.3 is 19.6 Å². The van der Waals surface area contributed by atoms with Crippen LogP contribution >= 0.6 is 23.2 Å². The van der Waals surface area contributed by atoms with Crippen molar-refractivity contribution in [1.29, 1.82) is 0 Å². The lowest BCUT2D eigenvalue weighted by atomic mass is 10.1. The molecule has 0 unspecified atom stereocenters. The molecule has 0 aliphatic carbocycles. The summed E-state index contributed by atoms with van der Waals surface area (Å²) in [6.45, 7) is 0. The van der Waals surface area contributed by atoms with Crippen LogP contribution in [0.1, 0.15) is 10.4 Å². The predicted molar refractivity (Wildman–Crippen MR) is 88.8 cm³/mol. The van der Waals surface area contributed by atoms with Crippen LogP contribution in [0.3, 0.4) is 0 Å². The Hall–Kier alpha value is -2.37. The SMILES string of the molecule is COc1c(C(=O)Nc2ccc(Cl)cc2Cl)c(O)cc2occc12. The Bertz CT molecular complexity index is 904. The van der Waals surface area contributed by atoms with E-state index in [1.54, 1.807) is 18.2 Å². The molecular weight excluding hydrogens is 341 g/mol. The summed E-state index contributed by atoms with van der Waals surface area (Å²) in [7, 11) is 1.41. The lowest BCUT2D eigenvalue weighted by molar-refractivity contribution is 0.102. The van der Waals surface area contributed by atoms with Crippen LogP contribution in [-0.4, -0.2) is 18.1 Å². The van der Waals surface area contributed by atoms with E-state index in [-0.39, 0.29) is 22.1 Å². The average Bonchev–Trinajstić information content (AvgIpc) is 2.96. The van der Waals surface area contributed by atoms with E-state index in [9.17, 15) is 9.90 Å². The molecule has 1 heterocycles. The largest absolute Gasteiger partial charge is 0.507 e. The van der Waals surface area contributed by atoms with Gasteiger partial charge in [-0.2, -0.15) is 0 Å². The summed E-state index contributed by atoms with van der Waals surface area (Å²) in [6, 6.07) is 7.69. The van der Waals surface area contributed by atoms with Crippen molar-refractivity contribution in [2.24, 2.45) is 0 Å². The number of methoxy groups -OCH3 is 1. The van der Waals surface area contributed by atoms with Crippen LogP contribution in [-0.2, 0) is 0 Å². The second-order valence-corrected chi connectivity index (χ2v) is 5.56. The third kappa shape index (κ3) is 2.81. The monoisotopic (exact) mass is 351 g/mol. The molecule has 0 radical (unpaired) electrons. The van der Waals surface area contributed by atoms with Crippen molar-refractivity contribution in [2.75, 3.05) is 12.4 Å². The Balaban J connectivity index is 2.05. The maximum atomic E-state index is 12.5. The summed E-state index contributed by atoms with van der Waals surface area (Å²) in [4.78, 5) is 12.5. The number of benzene rings is 2. The number of phenolic OH excluding ortho intramolecular Hbond substituents is 1. The van der Waals surface area contributed by atoms with Crippen molar-refractivity contribution in [2.45, 2.75) is 0 Å². The van der Waals surface area contributed by atoms with Crippen molar-refractivity contribution in [3.8, 4) is 11.5 Å². The number of phenols is 1. The van der Waals surface area contributed by atoms with Gasteiger partial charge in [-0.3, -0.25) is 4.79 Å². The van der Waals surface area contributed by atoms with Gasteiger partial charge in [0.05, 0.1) is 29.5 Å². The highest BCUT2D eigenvalue weighted by molar-refractivity contribution is 6.37. The number of aromatic hydroxyl groups is 1. The third-order valence-electron chi connectivity index (χ3n) is 3.30. The summed E-state index contributed by atoms with van der Waals surface area (Å²) in [5.41, 5.74) is 0.780. The van der Waals surface area contributed by atoms with Crippen LogP contribution in [0, 0.1) is 0 Å². The maximum absolute atomic E-state index is 12.5. The van der Waals surface area contributed by atoms with Crippen LogP contribution in [0.5, 0.6) is 11.5 Å². The van der Waals surface area contributed by atoms with Gasteiger partial charge in [0.25, 0.3) is 5.91 Å². The average molecular weight is 352 g/mol. The van der Waals surface area contributed by atoms with Crippen LogP contribution in [0.4, 0.5) is 5.69 Å². The standard InChI is InChI=1S/C16H11Cl2NO4/c1-22-15-9-4-5-23-13(9)7-12(20)14(15)16(21)19-11-3-2-8(17)6-10(11)18/h2-7,20H,1H3,(H,19,21). The summed E-state index contributed by atoms with van der Waals surface area (Å²) >= 11 is 11.9. The van der Waals surface area contributed by atoms with Crippen molar-refractivity contribution >= 4 is 45.8 Å². The fourth-order valence-corrected chi connectivity index (χ4v) is 2.73. The van der Waals surface area contributed by atoms with Gasteiger partial charge in [-0.05, 0) is 24.3 Å². The van der Waals surface area contributed by atoms with E-state index in [1.807, 2.05) is 0 Å². The van der Waals surface area contributed by atoms with Crippen LogP contribution in [0.15, 0.2) is 41.0 Å².